The van der Waals surface area contributed by atoms with Gasteiger partial charge in [-0.25, -0.2) is 9.37 Å². The zero-order valence-corrected chi connectivity index (χ0v) is 23.4. The Morgan fingerprint density at radius 2 is 2.02 bits per heavy atom. The molecule has 2 aromatic heterocycles. The minimum absolute atomic E-state index is 0.0344. The molecule has 2 aliphatic rings. The number of rotatable bonds is 8. The monoisotopic (exact) mass is 579 g/mol. The van der Waals surface area contributed by atoms with Gasteiger partial charge in [0.2, 0.25) is 0 Å². The van der Waals surface area contributed by atoms with Crippen molar-refractivity contribution in [1.29, 1.82) is 0 Å². The van der Waals surface area contributed by atoms with Crippen molar-refractivity contribution in [3.63, 3.8) is 0 Å². The number of nitrogens with one attached hydrogen (secondary N) is 2. The van der Waals surface area contributed by atoms with E-state index in [9.17, 15) is 19.1 Å². The van der Waals surface area contributed by atoms with Crippen molar-refractivity contribution in [1.82, 2.24) is 24.8 Å². The molecule has 4 heterocycles. The maximum Gasteiger partial charge on any atom is 0.259 e. The normalized spacial score (nSPS) is 16.9. The van der Waals surface area contributed by atoms with Gasteiger partial charge in [0, 0.05) is 24.3 Å². The SMILES string of the molecule is CN1CCC(N2Cc3cc4[nH]c(-c5c(CC[C@@H](O)COc6c(F)cccc6Cl)cc[nH]c5=O)nc4cc3C2=O)CC1. The first-order chi connectivity index (χ1) is 19.8. The van der Waals surface area contributed by atoms with Gasteiger partial charge in [-0.1, -0.05) is 17.7 Å². The third-order valence-electron chi connectivity index (χ3n) is 8.04. The number of ether oxygens (including phenoxy) is 1. The number of aromatic nitrogens is 3. The van der Waals surface area contributed by atoms with Crippen LogP contribution in [0.1, 0.15) is 40.7 Å². The van der Waals surface area contributed by atoms with Crippen LogP contribution in [0.25, 0.3) is 22.4 Å². The van der Waals surface area contributed by atoms with Crippen LogP contribution in [-0.2, 0) is 13.0 Å². The predicted molar refractivity (Wildman–Crippen MR) is 154 cm³/mol. The molecule has 4 aromatic rings. The summed E-state index contributed by atoms with van der Waals surface area (Å²) in [5.74, 6) is -0.281. The molecule has 9 nitrogen and oxygen atoms in total. The minimum atomic E-state index is -0.921. The lowest BCUT2D eigenvalue weighted by atomic mass is 10.0. The highest BCUT2D eigenvalue weighted by atomic mass is 35.5. The van der Waals surface area contributed by atoms with E-state index in [0.717, 1.165) is 37.0 Å². The Hall–Kier alpha value is -3.73. The highest BCUT2D eigenvalue weighted by Crippen LogP contribution is 2.32. The number of nitrogens with zero attached hydrogens (tertiary/aromatic N) is 3. The van der Waals surface area contributed by atoms with E-state index in [4.69, 9.17) is 16.3 Å². The molecule has 0 saturated carbocycles. The van der Waals surface area contributed by atoms with Gasteiger partial charge >= 0.3 is 0 Å². The Balaban J connectivity index is 1.18. The van der Waals surface area contributed by atoms with E-state index >= 15 is 0 Å². The second kappa shape index (κ2) is 11.3. The molecule has 1 amide bonds. The fourth-order valence-corrected chi connectivity index (χ4v) is 5.97. The maximum absolute atomic E-state index is 14.0. The van der Waals surface area contributed by atoms with E-state index in [0.29, 0.717) is 41.0 Å². The summed E-state index contributed by atoms with van der Waals surface area (Å²) in [7, 11) is 2.10. The van der Waals surface area contributed by atoms with Crippen molar-refractivity contribution in [2.45, 2.75) is 44.4 Å². The maximum atomic E-state index is 14.0. The first-order valence-electron chi connectivity index (χ1n) is 13.8. The molecule has 0 bridgehead atoms. The van der Waals surface area contributed by atoms with E-state index < -0.39 is 11.9 Å². The van der Waals surface area contributed by atoms with Crippen molar-refractivity contribution in [2.24, 2.45) is 0 Å². The number of H-pyrrole nitrogens is 2. The van der Waals surface area contributed by atoms with Crippen molar-refractivity contribution < 1.29 is 19.0 Å². The predicted octanol–water partition coefficient (Wildman–Crippen LogP) is 4.13. The van der Waals surface area contributed by atoms with Gasteiger partial charge in [0.05, 0.1) is 27.7 Å². The zero-order chi connectivity index (χ0) is 28.7. The van der Waals surface area contributed by atoms with Crippen molar-refractivity contribution in [3.8, 4) is 17.1 Å². The van der Waals surface area contributed by atoms with Gasteiger partial charge in [-0.05, 0) is 87.3 Å². The number of carbonyl (C=O) groups is 1. The Morgan fingerprint density at radius 3 is 2.80 bits per heavy atom. The smallest absolute Gasteiger partial charge is 0.259 e. The van der Waals surface area contributed by atoms with Gasteiger partial charge in [0.25, 0.3) is 11.5 Å². The molecule has 0 spiro atoms. The van der Waals surface area contributed by atoms with E-state index in [1.807, 2.05) is 17.0 Å². The molecule has 0 unspecified atom stereocenters. The van der Waals surface area contributed by atoms with Gasteiger partial charge in [-0.15, -0.1) is 0 Å². The van der Waals surface area contributed by atoms with Gasteiger partial charge in [0.1, 0.15) is 12.4 Å². The van der Waals surface area contributed by atoms with Crippen LogP contribution in [-0.4, -0.2) is 74.7 Å². The van der Waals surface area contributed by atoms with Crippen LogP contribution >= 0.6 is 11.6 Å². The number of halogens is 2. The van der Waals surface area contributed by atoms with Crippen LogP contribution in [0.2, 0.25) is 5.02 Å². The van der Waals surface area contributed by atoms with Gasteiger partial charge in [0.15, 0.2) is 11.6 Å². The number of aliphatic hydroxyl groups excluding tert-OH is 1. The molecule has 1 saturated heterocycles. The number of pyridine rings is 1. The number of aryl methyl sites for hydroxylation is 1. The van der Waals surface area contributed by atoms with Crippen molar-refractivity contribution >= 4 is 28.5 Å². The van der Waals surface area contributed by atoms with Crippen LogP contribution in [0.4, 0.5) is 4.39 Å². The summed E-state index contributed by atoms with van der Waals surface area (Å²) in [5.41, 5.74) is 3.72. The largest absolute Gasteiger partial charge is 0.486 e. The first-order valence-corrected chi connectivity index (χ1v) is 14.1. The molecule has 2 aromatic carbocycles. The van der Waals surface area contributed by atoms with Crippen molar-refractivity contribution in [2.75, 3.05) is 26.7 Å². The molecule has 3 N–H and O–H groups in total. The van der Waals surface area contributed by atoms with Gasteiger partial charge < -0.3 is 29.6 Å². The standard InChI is InChI=1S/C30H31ClFN5O4/c1-36-11-8-19(9-12-36)37-15-18-13-24-25(14-21(18)30(37)40)35-28(34-24)26-17(7-10-33-29(26)39)5-6-20(38)16-41-27-22(31)3-2-4-23(27)32/h2-4,7,10,13-14,19-20,38H,5-6,8-9,11-12,15-16H2,1H3,(H,33,39)(H,34,35)/t20-/m1/s1. The van der Waals surface area contributed by atoms with Gasteiger partial charge in [-0.2, -0.15) is 0 Å². The molecule has 0 radical (unpaired) electrons. The fourth-order valence-electron chi connectivity index (χ4n) is 5.75. The van der Waals surface area contributed by atoms with Crippen LogP contribution in [0.15, 0.2) is 47.4 Å². The molecule has 11 heteroatoms. The summed E-state index contributed by atoms with van der Waals surface area (Å²) in [4.78, 5) is 41.1. The van der Waals surface area contributed by atoms with E-state index in [1.165, 1.54) is 18.2 Å². The summed E-state index contributed by atoms with van der Waals surface area (Å²) in [6.45, 7) is 2.38. The topological polar surface area (TPSA) is 115 Å². The fraction of sp³-hybridized carbons (Fsp3) is 0.367. The number of aromatic amines is 2. The number of piperidine rings is 1. The Labute approximate surface area is 240 Å². The van der Waals surface area contributed by atoms with Gasteiger partial charge in [-0.3, -0.25) is 9.59 Å². The molecule has 1 atom stereocenters. The second-order valence-corrected chi connectivity index (χ2v) is 11.2. The van der Waals surface area contributed by atoms with Crippen LogP contribution in [0.5, 0.6) is 5.75 Å². The lowest BCUT2D eigenvalue weighted by molar-refractivity contribution is 0.0617. The molecule has 1 fully saturated rings. The van der Waals surface area contributed by atoms with Crippen LogP contribution in [0, 0.1) is 5.82 Å². The number of likely N-dealkylation sites (tertiary alicyclic amines) is 1. The number of imidazole rings is 1. The molecular formula is C30H31ClFN5O4. The highest BCUT2D eigenvalue weighted by Gasteiger charge is 2.34. The van der Waals surface area contributed by atoms with Crippen molar-refractivity contribution in [3.05, 3.63) is 80.5 Å². The molecule has 0 aliphatic carbocycles. The number of fused-ring (bicyclic) bond motifs is 2. The Bertz CT molecular complexity index is 1640. The third kappa shape index (κ3) is 5.47. The summed E-state index contributed by atoms with van der Waals surface area (Å²) in [5, 5.41) is 10.6. The quantitative estimate of drug-likeness (QED) is 0.289. The first kappa shape index (κ1) is 27.4. The Morgan fingerprint density at radius 1 is 1.22 bits per heavy atom. The summed E-state index contributed by atoms with van der Waals surface area (Å²) in [6.07, 6.45) is 3.18. The lowest BCUT2D eigenvalue weighted by Crippen LogP contribution is -2.43. The van der Waals surface area contributed by atoms with E-state index in [2.05, 4.69) is 26.9 Å². The molecule has 41 heavy (non-hydrogen) atoms. The second-order valence-electron chi connectivity index (χ2n) is 10.8. The number of hydrogen-bond donors (Lipinski definition) is 3. The number of benzene rings is 2. The zero-order valence-electron chi connectivity index (χ0n) is 22.6. The van der Waals surface area contributed by atoms with E-state index in [-0.39, 0.29) is 41.3 Å². The Kier molecular flexibility index (Phi) is 7.54. The third-order valence-corrected chi connectivity index (χ3v) is 8.34. The van der Waals surface area contributed by atoms with Crippen LogP contribution < -0.4 is 10.3 Å². The average molecular weight is 580 g/mol. The number of para-hydroxylation sites is 1. The van der Waals surface area contributed by atoms with Crippen LogP contribution in [0.3, 0.4) is 0 Å². The number of hydrogen-bond acceptors (Lipinski definition) is 6. The molecule has 6 rings (SSSR count). The highest BCUT2D eigenvalue weighted by molar-refractivity contribution is 6.32. The lowest BCUT2D eigenvalue weighted by Gasteiger charge is -2.34. The molecule has 2 aliphatic heterocycles. The number of amides is 1. The average Bonchev–Trinajstić information content (AvgIpc) is 3.50. The van der Waals surface area contributed by atoms with E-state index in [1.54, 1.807) is 12.3 Å². The molecular weight excluding hydrogens is 549 g/mol. The minimum Gasteiger partial charge on any atom is -0.486 e. The molecule has 214 valence electrons. The summed E-state index contributed by atoms with van der Waals surface area (Å²) >= 11 is 6.00. The number of aliphatic hydroxyl groups is 1. The summed E-state index contributed by atoms with van der Waals surface area (Å²) < 4.78 is 19.4. The summed E-state index contributed by atoms with van der Waals surface area (Å²) in [6, 6.07) is 10.0. The number of carbonyl (C=O) groups excluding carboxylic acids is 1.